The second kappa shape index (κ2) is 3.76. The van der Waals surface area contributed by atoms with Crippen LogP contribution in [0.15, 0.2) is 0 Å². The number of likely N-dealkylation sites (tertiary alicyclic amines) is 1. The third kappa shape index (κ3) is 1.88. The van der Waals surface area contributed by atoms with Gasteiger partial charge in [0, 0.05) is 6.54 Å². The average molecular weight is 171 g/mol. The van der Waals surface area contributed by atoms with Crippen LogP contribution in [0, 0.1) is 6.42 Å². The molecule has 0 bridgehead atoms. The molecule has 4 nitrogen and oxygen atoms in total. The Morgan fingerprint density at radius 3 is 2.75 bits per heavy atom. The summed E-state index contributed by atoms with van der Waals surface area (Å²) in [5, 5.41) is 8.84. The summed E-state index contributed by atoms with van der Waals surface area (Å²) < 4.78 is 0. The lowest BCUT2D eigenvalue weighted by molar-refractivity contribution is 0.0581. The minimum Gasteiger partial charge on any atom is -0.465 e. The smallest absolute Gasteiger partial charge is 0.408 e. The summed E-state index contributed by atoms with van der Waals surface area (Å²) in [5.41, 5.74) is 0. The molecule has 4 heteroatoms. The van der Waals surface area contributed by atoms with E-state index in [0.717, 1.165) is 12.8 Å². The highest BCUT2D eigenvalue weighted by molar-refractivity contribution is 5.65. The van der Waals surface area contributed by atoms with Gasteiger partial charge in [0.15, 0.2) is 0 Å². The van der Waals surface area contributed by atoms with Crippen LogP contribution in [0.25, 0.3) is 0 Å². The number of piperidine rings is 1. The first-order valence-electron chi connectivity index (χ1n) is 4.10. The lowest BCUT2D eigenvalue weighted by Crippen LogP contribution is -2.50. The predicted molar refractivity (Wildman–Crippen MR) is 45.7 cm³/mol. The Bertz CT molecular complexity index is 170. The minimum atomic E-state index is -0.818. The molecule has 1 saturated heterocycles. The third-order valence-electron chi connectivity index (χ3n) is 2.15. The number of carboxylic acid groups (broad SMARTS) is 1. The van der Waals surface area contributed by atoms with Crippen LogP contribution in [0.2, 0.25) is 0 Å². The Balaban J connectivity index is 2.60. The second-order valence-electron chi connectivity index (χ2n) is 3.23. The van der Waals surface area contributed by atoms with E-state index in [4.69, 9.17) is 5.11 Å². The minimum absolute atomic E-state index is 0.0243. The topological polar surface area (TPSA) is 43.8 Å². The van der Waals surface area contributed by atoms with Crippen molar-refractivity contribution in [1.29, 1.82) is 0 Å². The number of amides is 1. The van der Waals surface area contributed by atoms with Gasteiger partial charge in [-0.15, -0.1) is 0 Å². The summed E-state index contributed by atoms with van der Waals surface area (Å²) in [7, 11) is 3.81. The second-order valence-corrected chi connectivity index (χ2v) is 3.23. The van der Waals surface area contributed by atoms with Gasteiger partial charge in [-0.3, -0.25) is 9.80 Å². The molecule has 1 rings (SSSR count). The van der Waals surface area contributed by atoms with Crippen molar-refractivity contribution < 1.29 is 9.90 Å². The van der Waals surface area contributed by atoms with E-state index >= 15 is 0 Å². The highest BCUT2D eigenvalue weighted by Crippen LogP contribution is 2.17. The van der Waals surface area contributed by atoms with Crippen LogP contribution in [0.5, 0.6) is 0 Å². The maximum absolute atomic E-state index is 10.8. The van der Waals surface area contributed by atoms with Crippen molar-refractivity contribution in [2.45, 2.75) is 19.0 Å². The van der Waals surface area contributed by atoms with E-state index in [1.165, 1.54) is 4.90 Å². The fourth-order valence-electron chi connectivity index (χ4n) is 1.49. The van der Waals surface area contributed by atoms with Crippen LogP contribution >= 0.6 is 0 Å². The number of carbonyl (C=O) groups is 1. The third-order valence-corrected chi connectivity index (χ3v) is 2.15. The molecule has 1 aliphatic rings. The number of hydrogen-bond acceptors (Lipinski definition) is 2. The van der Waals surface area contributed by atoms with E-state index in [9.17, 15) is 4.79 Å². The molecule has 12 heavy (non-hydrogen) atoms. The summed E-state index contributed by atoms with van der Waals surface area (Å²) in [6.45, 7) is 0.623. The Labute approximate surface area is 72.8 Å². The van der Waals surface area contributed by atoms with Gasteiger partial charge in [0.25, 0.3) is 0 Å². The molecular formula is C8H15N2O2. The first-order chi connectivity index (χ1) is 5.63. The highest BCUT2D eigenvalue weighted by atomic mass is 16.4. The summed E-state index contributed by atoms with van der Waals surface area (Å²) in [4.78, 5) is 14.2. The molecule has 0 aromatic heterocycles. The van der Waals surface area contributed by atoms with Gasteiger partial charge in [-0.2, -0.15) is 0 Å². The molecule has 0 saturated carbocycles. The van der Waals surface area contributed by atoms with Gasteiger partial charge in [-0.25, -0.2) is 4.79 Å². The molecule has 1 amide bonds. The van der Waals surface area contributed by atoms with Crippen LogP contribution in [-0.2, 0) is 0 Å². The summed E-state index contributed by atoms with van der Waals surface area (Å²) in [6, 6.07) is 0. The molecule has 0 aromatic carbocycles. The van der Waals surface area contributed by atoms with Gasteiger partial charge in [0.05, 0.1) is 6.17 Å². The molecule has 1 unspecified atom stereocenters. The van der Waals surface area contributed by atoms with Crippen molar-refractivity contribution in [2.24, 2.45) is 0 Å². The number of rotatable bonds is 1. The fraction of sp³-hybridized carbons (Fsp3) is 0.750. The number of nitrogens with zero attached hydrogens (tertiary/aromatic N) is 2. The van der Waals surface area contributed by atoms with Crippen molar-refractivity contribution in [3.63, 3.8) is 0 Å². The lowest BCUT2D eigenvalue weighted by atomic mass is 10.1. The maximum atomic E-state index is 10.8. The largest absolute Gasteiger partial charge is 0.465 e. The molecule has 0 spiro atoms. The van der Waals surface area contributed by atoms with Crippen LogP contribution in [-0.4, -0.2) is 47.8 Å². The van der Waals surface area contributed by atoms with E-state index in [0.29, 0.717) is 6.54 Å². The fourth-order valence-corrected chi connectivity index (χ4v) is 1.49. The highest BCUT2D eigenvalue weighted by Gasteiger charge is 2.27. The van der Waals surface area contributed by atoms with Gasteiger partial charge in [0.2, 0.25) is 0 Å². The van der Waals surface area contributed by atoms with Crippen LogP contribution in [0.3, 0.4) is 0 Å². The summed E-state index contributed by atoms with van der Waals surface area (Å²) in [5.74, 6) is 0. The monoisotopic (exact) mass is 171 g/mol. The predicted octanol–water partition coefficient (Wildman–Crippen LogP) is 0.852. The Hall–Kier alpha value is -0.770. The Morgan fingerprint density at radius 1 is 1.67 bits per heavy atom. The molecule has 0 aromatic rings. The standard InChI is InChI=1S/C8H15N2O2/c1-9(2)7-5-3-4-6-10(7)8(11)12/h3,7H,4-6H2,1-2H3,(H,11,12). The Morgan fingerprint density at radius 2 is 2.33 bits per heavy atom. The zero-order chi connectivity index (χ0) is 9.14. The van der Waals surface area contributed by atoms with Gasteiger partial charge in [-0.1, -0.05) is 0 Å². The Kier molecular flexibility index (Phi) is 2.92. The normalized spacial score (nSPS) is 24.6. The quantitative estimate of drug-likeness (QED) is 0.636. The van der Waals surface area contributed by atoms with E-state index in [1.807, 2.05) is 19.0 Å². The van der Waals surface area contributed by atoms with E-state index in [1.54, 1.807) is 0 Å². The molecule has 69 valence electrons. The van der Waals surface area contributed by atoms with Crippen molar-refractivity contribution in [3.8, 4) is 0 Å². The van der Waals surface area contributed by atoms with Crippen molar-refractivity contribution in [1.82, 2.24) is 9.80 Å². The number of hydrogen-bond donors (Lipinski definition) is 1. The molecule has 1 radical (unpaired) electrons. The molecular weight excluding hydrogens is 156 g/mol. The molecule has 0 aliphatic carbocycles. The van der Waals surface area contributed by atoms with Gasteiger partial charge < -0.3 is 5.11 Å². The zero-order valence-electron chi connectivity index (χ0n) is 7.53. The molecule has 1 aliphatic heterocycles. The van der Waals surface area contributed by atoms with E-state index < -0.39 is 6.09 Å². The van der Waals surface area contributed by atoms with E-state index in [-0.39, 0.29) is 6.17 Å². The molecule has 1 fully saturated rings. The maximum Gasteiger partial charge on any atom is 0.408 e. The van der Waals surface area contributed by atoms with Crippen molar-refractivity contribution in [2.75, 3.05) is 20.6 Å². The molecule has 1 atom stereocenters. The SMILES string of the molecule is CN(C)C1C[CH]CCN1C(=O)O. The summed E-state index contributed by atoms with van der Waals surface area (Å²) >= 11 is 0. The van der Waals surface area contributed by atoms with E-state index in [2.05, 4.69) is 6.42 Å². The molecule has 1 heterocycles. The molecule has 1 N–H and O–H groups in total. The van der Waals surface area contributed by atoms with Crippen LogP contribution < -0.4 is 0 Å². The first-order valence-corrected chi connectivity index (χ1v) is 4.10. The zero-order valence-corrected chi connectivity index (χ0v) is 7.53. The lowest BCUT2D eigenvalue weighted by Gasteiger charge is -2.37. The van der Waals surface area contributed by atoms with Crippen LogP contribution in [0.4, 0.5) is 4.79 Å². The van der Waals surface area contributed by atoms with Crippen LogP contribution in [0.1, 0.15) is 12.8 Å². The van der Waals surface area contributed by atoms with Gasteiger partial charge >= 0.3 is 6.09 Å². The summed E-state index contributed by atoms with van der Waals surface area (Å²) in [6.07, 6.45) is 3.05. The van der Waals surface area contributed by atoms with Crippen molar-refractivity contribution >= 4 is 6.09 Å². The van der Waals surface area contributed by atoms with Gasteiger partial charge in [0.1, 0.15) is 0 Å². The van der Waals surface area contributed by atoms with Gasteiger partial charge in [-0.05, 0) is 33.4 Å². The average Bonchev–Trinajstić information content (AvgIpc) is 2.04. The first kappa shape index (κ1) is 9.32. The van der Waals surface area contributed by atoms with Crippen molar-refractivity contribution in [3.05, 3.63) is 6.42 Å².